The fraction of sp³-hybridized carbons (Fsp3) is 0.636. The summed E-state index contributed by atoms with van der Waals surface area (Å²) in [7, 11) is 0. The lowest BCUT2D eigenvalue weighted by Gasteiger charge is -2.07. The highest BCUT2D eigenvalue weighted by Gasteiger charge is 2.05. The van der Waals surface area contributed by atoms with Crippen molar-refractivity contribution in [2.24, 2.45) is 5.92 Å². The number of thioether (sulfide) groups is 1. The topological polar surface area (TPSA) is 25.8 Å². The third kappa shape index (κ3) is 3.66. The molecule has 14 heavy (non-hydrogen) atoms. The summed E-state index contributed by atoms with van der Waals surface area (Å²) in [5.41, 5.74) is 1.16. The first-order valence-electron chi connectivity index (χ1n) is 5.16. The third-order valence-electron chi connectivity index (χ3n) is 1.98. The van der Waals surface area contributed by atoms with Crippen molar-refractivity contribution in [3.63, 3.8) is 0 Å². The molecule has 0 saturated heterocycles. The quantitative estimate of drug-likeness (QED) is 0.698. The van der Waals surface area contributed by atoms with E-state index in [-0.39, 0.29) is 0 Å². The number of hydrogen-bond acceptors (Lipinski definition) is 3. The Morgan fingerprint density at radius 3 is 2.64 bits per heavy atom. The maximum Gasteiger partial charge on any atom is 0.118 e. The van der Waals surface area contributed by atoms with Crippen LogP contribution >= 0.6 is 11.8 Å². The monoisotopic (exact) mass is 210 g/mol. The average molecular weight is 210 g/mol. The number of aryl methyl sites for hydroxylation is 1. The van der Waals surface area contributed by atoms with Crippen LogP contribution in [0.25, 0.3) is 0 Å². The van der Waals surface area contributed by atoms with Gasteiger partial charge in [0.15, 0.2) is 0 Å². The van der Waals surface area contributed by atoms with Crippen molar-refractivity contribution in [3.05, 3.63) is 18.1 Å². The van der Waals surface area contributed by atoms with Crippen LogP contribution in [0.5, 0.6) is 0 Å². The van der Waals surface area contributed by atoms with Gasteiger partial charge in [0.05, 0.1) is 5.69 Å². The standard InChI is InChI=1S/C11H18N2S/c1-4-14-11-10(6-5-9(2)3)12-7-8-13-11/h7-9H,4-6H2,1-3H3. The van der Waals surface area contributed by atoms with E-state index in [1.54, 1.807) is 24.2 Å². The normalized spacial score (nSPS) is 10.9. The SMILES string of the molecule is CCSc1nccnc1CCC(C)C. The van der Waals surface area contributed by atoms with Crippen molar-refractivity contribution in [3.8, 4) is 0 Å². The second-order valence-corrected chi connectivity index (χ2v) is 4.93. The summed E-state index contributed by atoms with van der Waals surface area (Å²) in [5.74, 6) is 1.80. The van der Waals surface area contributed by atoms with E-state index in [0.717, 1.165) is 28.8 Å². The summed E-state index contributed by atoms with van der Waals surface area (Å²) in [4.78, 5) is 8.73. The van der Waals surface area contributed by atoms with Crippen LogP contribution in [0.3, 0.4) is 0 Å². The van der Waals surface area contributed by atoms with Gasteiger partial charge in [-0.3, -0.25) is 4.98 Å². The highest BCUT2D eigenvalue weighted by Crippen LogP contribution is 2.19. The largest absolute Gasteiger partial charge is 0.257 e. The molecular formula is C11H18N2S. The van der Waals surface area contributed by atoms with Crippen LogP contribution in [-0.2, 0) is 6.42 Å². The lowest BCUT2D eigenvalue weighted by atomic mass is 10.1. The van der Waals surface area contributed by atoms with Crippen LogP contribution in [0, 0.1) is 5.92 Å². The van der Waals surface area contributed by atoms with E-state index in [1.807, 2.05) is 0 Å². The highest BCUT2D eigenvalue weighted by atomic mass is 32.2. The zero-order chi connectivity index (χ0) is 10.4. The van der Waals surface area contributed by atoms with E-state index in [9.17, 15) is 0 Å². The first kappa shape index (κ1) is 11.5. The summed E-state index contributed by atoms with van der Waals surface area (Å²) >= 11 is 1.78. The van der Waals surface area contributed by atoms with Crippen molar-refractivity contribution < 1.29 is 0 Å². The van der Waals surface area contributed by atoms with Gasteiger partial charge in [0.2, 0.25) is 0 Å². The Morgan fingerprint density at radius 2 is 2.00 bits per heavy atom. The molecule has 1 heterocycles. The smallest absolute Gasteiger partial charge is 0.118 e. The van der Waals surface area contributed by atoms with Crippen LogP contribution in [0.1, 0.15) is 32.9 Å². The average Bonchev–Trinajstić information content (AvgIpc) is 2.17. The number of rotatable bonds is 5. The summed E-state index contributed by atoms with van der Waals surface area (Å²) in [6.45, 7) is 6.62. The molecule has 0 radical (unpaired) electrons. The molecule has 0 aliphatic heterocycles. The zero-order valence-electron chi connectivity index (χ0n) is 9.16. The Kier molecular flexibility index (Phi) is 4.94. The van der Waals surface area contributed by atoms with Crippen LogP contribution in [0.15, 0.2) is 17.4 Å². The van der Waals surface area contributed by atoms with E-state index in [2.05, 4.69) is 30.7 Å². The minimum atomic E-state index is 0.733. The van der Waals surface area contributed by atoms with Gasteiger partial charge < -0.3 is 0 Å². The maximum atomic E-state index is 4.39. The van der Waals surface area contributed by atoms with E-state index < -0.39 is 0 Å². The molecule has 0 spiro atoms. The maximum absolute atomic E-state index is 4.39. The van der Waals surface area contributed by atoms with Crippen molar-refractivity contribution in [1.82, 2.24) is 9.97 Å². The molecule has 2 nitrogen and oxygen atoms in total. The molecule has 0 amide bonds. The third-order valence-corrected chi connectivity index (χ3v) is 2.88. The van der Waals surface area contributed by atoms with Gasteiger partial charge in [0.1, 0.15) is 5.03 Å². The molecule has 1 aromatic heterocycles. The summed E-state index contributed by atoms with van der Waals surface area (Å²) < 4.78 is 0. The molecule has 0 aliphatic carbocycles. The molecule has 0 unspecified atom stereocenters. The molecule has 0 bridgehead atoms. The minimum Gasteiger partial charge on any atom is -0.257 e. The first-order chi connectivity index (χ1) is 6.74. The lowest BCUT2D eigenvalue weighted by molar-refractivity contribution is 0.575. The Bertz CT molecular complexity index is 274. The molecule has 0 aliphatic rings. The summed E-state index contributed by atoms with van der Waals surface area (Å²) in [5, 5.41) is 1.11. The molecule has 3 heteroatoms. The summed E-state index contributed by atoms with van der Waals surface area (Å²) in [6, 6.07) is 0. The van der Waals surface area contributed by atoms with E-state index in [4.69, 9.17) is 0 Å². The van der Waals surface area contributed by atoms with Crippen molar-refractivity contribution in [1.29, 1.82) is 0 Å². The number of hydrogen-bond donors (Lipinski definition) is 0. The van der Waals surface area contributed by atoms with Gasteiger partial charge in [-0.15, -0.1) is 11.8 Å². The Labute approximate surface area is 90.5 Å². The van der Waals surface area contributed by atoms with Crippen LogP contribution in [-0.4, -0.2) is 15.7 Å². The van der Waals surface area contributed by atoms with Gasteiger partial charge in [-0.2, -0.15) is 0 Å². The Balaban J connectivity index is 2.64. The molecule has 1 aromatic rings. The fourth-order valence-corrected chi connectivity index (χ4v) is 1.94. The van der Waals surface area contributed by atoms with E-state index >= 15 is 0 Å². The van der Waals surface area contributed by atoms with E-state index in [0.29, 0.717) is 0 Å². The number of nitrogens with zero attached hydrogens (tertiary/aromatic N) is 2. The molecule has 0 N–H and O–H groups in total. The van der Waals surface area contributed by atoms with Crippen molar-refractivity contribution in [2.45, 2.75) is 38.6 Å². The summed E-state index contributed by atoms with van der Waals surface area (Å²) in [6.07, 6.45) is 5.80. The molecule has 1 rings (SSSR count). The first-order valence-corrected chi connectivity index (χ1v) is 6.15. The van der Waals surface area contributed by atoms with Gasteiger partial charge in [0.25, 0.3) is 0 Å². The molecular weight excluding hydrogens is 192 g/mol. The molecule has 0 atom stereocenters. The van der Waals surface area contributed by atoms with Gasteiger partial charge in [0, 0.05) is 12.4 Å². The second-order valence-electron chi connectivity index (χ2n) is 3.67. The second kappa shape index (κ2) is 6.02. The van der Waals surface area contributed by atoms with Crippen LogP contribution in [0.2, 0.25) is 0 Å². The molecule has 0 saturated carbocycles. The van der Waals surface area contributed by atoms with Gasteiger partial charge in [-0.05, 0) is 24.5 Å². The highest BCUT2D eigenvalue weighted by molar-refractivity contribution is 7.99. The Hall–Kier alpha value is -0.570. The van der Waals surface area contributed by atoms with Crippen LogP contribution < -0.4 is 0 Å². The molecule has 0 aromatic carbocycles. The van der Waals surface area contributed by atoms with Crippen molar-refractivity contribution in [2.75, 3.05) is 5.75 Å². The Morgan fingerprint density at radius 1 is 1.29 bits per heavy atom. The minimum absolute atomic E-state index is 0.733. The van der Waals surface area contributed by atoms with Gasteiger partial charge >= 0.3 is 0 Å². The van der Waals surface area contributed by atoms with Gasteiger partial charge in [-0.25, -0.2) is 4.98 Å². The number of aromatic nitrogens is 2. The predicted octanol–water partition coefficient (Wildman–Crippen LogP) is 3.18. The zero-order valence-corrected chi connectivity index (χ0v) is 9.97. The van der Waals surface area contributed by atoms with E-state index in [1.165, 1.54) is 6.42 Å². The predicted molar refractivity (Wildman–Crippen MR) is 61.6 cm³/mol. The fourth-order valence-electron chi connectivity index (χ4n) is 1.21. The molecule has 0 fully saturated rings. The lowest BCUT2D eigenvalue weighted by Crippen LogP contribution is -1.98. The van der Waals surface area contributed by atoms with Crippen LogP contribution in [0.4, 0.5) is 0 Å². The van der Waals surface area contributed by atoms with Gasteiger partial charge in [-0.1, -0.05) is 20.8 Å². The molecule has 78 valence electrons. The van der Waals surface area contributed by atoms with Crippen molar-refractivity contribution >= 4 is 11.8 Å².